The summed E-state index contributed by atoms with van der Waals surface area (Å²) in [5.74, 6) is -0.316. The first kappa shape index (κ1) is 15.2. The van der Waals surface area contributed by atoms with E-state index in [1.807, 2.05) is 0 Å². The van der Waals surface area contributed by atoms with E-state index in [9.17, 15) is 18.3 Å². The zero-order valence-electron chi connectivity index (χ0n) is 11.0. The molecule has 1 rings (SSSR count). The number of nitrogens with one attached hydrogen (secondary N) is 1. The van der Waals surface area contributed by atoms with Crippen LogP contribution >= 0.6 is 0 Å². The maximum Gasteiger partial charge on any atom is 0.407 e. The molecule has 6 nitrogen and oxygen atoms in total. The summed E-state index contributed by atoms with van der Waals surface area (Å²) in [7, 11) is -3.15. The summed E-state index contributed by atoms with van der Waals surface area (Å²) in [5, 5.41) is 11.7. The molecule has 0 spiro atoms. The molecule has 1 aliphatic rings. The van der Waals surface area contributed by atoms with Gasteiger partial charge in [-0.1, -0.05) is 0 Å². The highest BCUT2D eigenvalue weighted by Crippen LogP contribution is 2.19. The fourth-order valence-electron chi connectivity index (χ4n) is 1.86. The van der Waals surface area contributed by atoms with E-state index in [0.29, 0.717) is 6.42 Å². The molecule has 1 heterocycles. The Morgan fingerprint density at radius 3 is 2.56 bits per heavy atom. The highest BCUT2D eigenvalue weighted by Gasteiger charge is 2.34. The van der Waals surface area contributed by atoms with Gasteiger partial charge in [-0.25, -0.2) is 13.2 Å². The van der Waals surface area contributed by atoms with E-state index in [2.05, 4.69) is 5.32 Å². The van der Waals surface area contributed by atoms with E-state index >= 15 is 0 Å². The largest absolute Gasteiger partial charge is 0.444 e. The van der Waals surface area contributed by atoms with Crippen molar-refractivity contribution in [2.75, 3.05) is 18.1 Å². The molecule has 1 amide bonds. The molecular formula is C11H21NO5S. The Morgan fingerprint density at radius 2 is 2.06 bits per heavy atom. The van der Waals surface area contributed by atoms with Gasteiger partial charge in [-0.05, 0) is 27.2 Å². The molecule has 0 aliphatic carbocycles. The number of alkyl carbamates (subject to hydrolysis) is 1. The maximum absolute atomic E-state index is 11.6. The maximum atomic E-state index is 11.6. The van der Waals surface area contributed by atoms with E-state index in [1.54, 1.807) is 20.8 Å². The van der Waals surface area contributed by atoms with Gasteiger partial charge < -0.3 is 15.2 Å². The Hall–Kier alpha value is -0.820. The Bertz CT molecular complexity index is 398. The fourth-order valence-corrected chi connectivity index (χ4v) is 3.59. The van der Waals surface area contributed by atoms with Crippen LogP contribution in [0, 0.1) is 5.92 Å². The van der Waals surface area contributed by atoms with Crippen LogP contribution in [0.4, 0.5) is 4.79 Å². The van der Waals surface area contributed by atoms with Crippen LogP contribution in [0.1, 0.15) is 27.2 Å². The SMILES string of the molecule is CC(C)(C)OC(=O)N[C@@H]1CS(=O)(=O)CC[C@@H]1CO. The first-order chi connectivity index (χ1) is 8.13. The molecular weight excluding hydrogens is 258 g/mol. The molecule has 106 valence electrons. The van der Waals surface area contributed by atoms with Gasteiger partial charge in [-0.3, -0.25) is 0 Å². The van der Waals surface area contributed by atoms with Crippen molar-refractivity contribution in [2.24, 2.45) is 5.92 Å². The van der Waals surface area contributed by atoms with Crippen LogP contribution in [0.3, 0.4) is 0 Å². The molecule has 0 aromatic heterocycles. The fraction of sp³-hybridized carbons (Fsp3) is 0.909. The molecule has 0 aromatic carbocycles. The lowest BCUT2D eigenvalue weighted by Gasteiger charge is -2.31. The lowest BCUT2D eigenvalue weighted by Crippen LogP contribution is -2.51. The van der Waals surface area contributed by atoms with E-state index in [1.165, 1.54) is 0 Å². The second kappa shape index (κ2) is 5.44. The van der Waals surface area contributed by atoms with E-state index in [4.69, 9.17) is 4.74 Å². The lowest BCUT2D eigenvalue weighted by atomic mass is 9.99. The molecule has 2 N–H and O–H groups in total. The molecule has 0 saturated carbocycles. The predicted octanol–water partition coefficient (Wildman–Crippen LogP) is 0.307. The average Bonchev–Trinajstić information content (AvgIpc) is 2.13. The second-order valence-corrected chi connectivity index (χ2v) is 7.83. The Morgan fingerprint density at radius 1 is 1.44 bits per heavy atom. The standard InChI is InChI=1S/C11H21NO5S/c1-11(2,3)17-10(14)12-9-7-18(15,16)5-4-8(9)6-13/h8-9,13H,4-7H2,1-3H3,(H,12,14)/t8-,9-/m1/s1. The highest BCUT2D eigenvalue weighted by molar-refractivity contribution is 7.91. The van der Waals surface area contributed by atoms with Crippen molar-refractivity contribution in [1.82, 2.24) is 5.32 Å². The molecule has 2 atom stereocenters. The molecule has 1 aliphatic heterocycles. The van der Waals surface area contributed by atoms with Gasteiger partial charge in [0.25, 0.3) is 0 Å². The average molecular weight is 279 g/mol. The van der Waals surface area contributed by atoms with Crippen molar-refractivity contribution in [3.8, 4) is 0 Å². The number of sulfone groups is 1. The number of aliphatic hydroxyl groups is 1. The lowest BCUT2D eigenvalue weighted by molar-refractivity contribution is 0.0477. The van der Waals surface area contributed by atoms with Crippen LogP contribution in [-0.4, -0.2) is 49.4 Å². The second-order valence-electron chi connectivity index (χ2n) is 5.60. The van der Waals surface area contributed by atoms with E-state index < -0.39 is 27.6 Å². The van der Waals surface area contributed by atoms with Crippen molar-refractivity contribution in [3.63, 3.8) is 0 Å². The molecule has 0 bridgehead atoms. The molecule has 0 unspecified atom stereocenters. The van der Waals surface area contributed by atoms with Crippen LogP contribution < -0.4 is 5.32 Å². The van der Waals surface area contributed by atoms with Crippen LogP contribution in [-0.2, 0) is 14.6 Å². The summed E-state index contributed by atoms with van der Waals surface area (Å²) < 4.78 is 28.1. The van der Waals surface area contributed by atoms with Crippen LogP contribution in [0.15, 0.2) is 0 Å². The molecule has 0 aromatic rings. The number of hydrogen-bond donors (Lipinski definition) is 2. The van der Waals surface area contributed by atoms with Gasteiger partial charge in [0.05, 0.1) is 17.5 Å². The summed E-state index contributed by atoms with van der Waals surface area (Å²) in [4.78, 5) is 11.6. The number of ether oxygens (including phenoxy) is 1. The van der Waals surface area contributed by atoms with Crippen molar-refractivity contribution in [3.05, 3.63) is 0 Å². The third-order valence-corrected chi connectivity index (χ3v) is 4.46. The minimum atomic E-state index is -3.15. The number of amides is 1. The van der Waals surface area contributed by atoms with E-state index in [-0.39, 0.29) is 24.0 Å². The van der Waals surface area contributed by atoms with Gasteiger partial charge in [0.15, 0.2) is 9.84 Å². The van der Waals surface area contributed by atoms with Gasteiger partial charge in [0.2, 0.25) is 0 Å². The molecule has 1 saturated heterocycles. The molecule has 18 heavy (non-hydrogen) atoms. The van der Waals surface area contributed by atoms with Gasteiger partial charge in [-0.15, -0.1) is 0 Å². The third-order valence-electron chi connectivity index (χ3n) is 2.74. The number of carbonyl (C=O) groups is 1. The highest BCUT2D eigenvalue weighted by atomic mass is 32.2. The van der Waals surface area contributed by atoms with Crippen LogP contribution in [0.25, 0.3) is 0 Å². The minimum Gasteiger partial charge on any atom is -0.444 e. The van der Waals surface area contributed by atoms with Gasteiger partial charge in [0, 0.05) is 12.5 Å². The quantitative estimate of drug-likeness (QED) is 0.758. The normalized spacial score (nSPS) is 27.6. The zero-order valence-corrected chi connectivity index (χ0v) is 11.8. The number of rotatable bonds is 2. The van der Waals surface area contributed by atoms with Crippen molar-refractivity contribution >= 4 is 15.9 Å². The summed E-state index contributed by atoms with van der Waals surface area (Å²) in [6.07, 6.45) is -0.290. The minimum absolute atomic E-state index is 0.0602. The zero-order chi connectivity index (χ0) is 14.0. The summed E-state index contributed by atoms with van der Waals surface area (Å²) in [6, 6.07) is -0.580. The summed E-state index contributed by atoms with van der Waals surface area (Å²) >= 11 is 0. The molecule has 7 heteroatoms. The number of hydrogen-bond acceptors (Lipinski definition) is 5. The smallest absolute Gasteiger partial charge is 0.407 e. The van der Waals surface area contributed by atoms with E-state index in [0.717, 1.165) is 0 Å². The van der Waals surface area contributed by atoms with Gasteiger partial charge in [-0.2, -0.15) is 0 Å². The van der Waals surface area contributed by atoms with Crippen molar-refractivity contribution in [1.29, 1.82) is 0 Å². The first-order valence-corrected chi connectivity index (χ1v) is 7.76. The van der Waals surface area contributed by atoms with Crippen LogP contribution in [0.5, 0.6) is 0 Å². The number of carbonyl (C=O) groups excluding carboxylic acids is 1. The number of aliphatic hydroxyl groups excluding tert-OH is 1. The summed E-state index contributed by atoms with van der Waals surface area (Å²) in [5.41, 5.74) is -0.633. The Kier molecular flexibility index (Phi) is 4.61. The molecule has 0 radical (unpaired) electrons. The summed E-state index contributed by atoms with van der Waals surface area (Å²) in [6.45, 7) is 5.05. The topological polar surface area (TPSA) is 92.7 Å². The Balaban J connectivity index is 2.64. The van der Waals surface area contributed by atoms with Gasteiger partial charge >= 0.3 is 6.09 Å². The molecule has 1 fully saturated rings. The van der Waals surface area contributed by atoms with Gasteiger partial charge in [0.1, 0.15) is 5.60 Å². The monoisotopic (exact) mass is 279 g/mol. The van der Waals surface area contributed by atoms with Crippen molar-refractivity contribution in [2.45, 2.75) is 38.8 Å². The predicted molar refractivity (Wildman–Crippen MR) is 67.0 cm³/mol. The Labute approximate surface area is 108 Å². The van der Waals surface area contributed by atoms with Crippen molar-refractivity contribution < 1.29 is 23.1 Å². The third kappa shape index (κ3) is 4.81. The van der Waals surface area contributed by atoms with Crippen LogP contribution in [0.2, 0.25) is 0 Å². The first-order valence-electron chi connectivity index (χ1n) is 5.94.